The van der Waals surface area contributed by atoms with Gasteiger partial charge in [-0.1, -0.05) is 18.2 Å². The Bertz CT molecular complexity index is 448. The van der Waals surface area contributed by atoms with Gasteiger partial charge in [-0.05, 0) is 12.5 Å². The molecule has 0 bridgehead atoms. The van der Waals surface area contributed by atoms with E-state index in [1.165, 1.54) is 0 Å². The average Bonchev–Trinajstić information content (AvgIpc) is 2.76. The van der Waals surface area contributed by atoms with Gasteiger partial charge < -0.3 is 9.47 Å². The molecule has 0 unspecified atom stereocenters. The van der Waals surface area contributed by atoms with E-state index in [9.17, 15) is 10.1 Å². The van der Waals surface area contributed by atoms with Crippen LogP contribution in [0.25, 0.3) is 0 Å². The summed E-state index contributed by atoms with van der Waals surface area (Å²) < 4.78 is 11.2. The Morgan fingerprint density at radius 2 is 2.24 bits per heavy atom. The van der Waals surface area contributed by atoms with Crippen LogP contribution in [0.4, 0.5) is 0 Å². The quantitative estimate of drug-likeness (QED) is 0.579. The molecule has 2 aliphatic heterocycles. The Kier molecular flexibility index (Phi) is 2.48. The van der Waals surface area contributed by atoms with Crippen molar-refractivity contribution in [1.29, 1.82) is 0 Å². The molecule has 1 aromatic carbocycles. The number of hydrogen-bond donors (Lipinski definition) is 0. The van der Waals surface area contributed by atoms with Crippen LogP contribution >= 0.6 is 0 Å². The molecule has 3 atom stereocenters. The number of para-hydroxylation sites is 1. The standard InChI is InChI=1S/C12H13NO4/c14-13(15)7-10-8-3-1-2-4-11(8)17-12-9(10)5-6-16-12/h1-4,9-10,12H,5-7H2/t9-,10-,12+/m0/s1. The third-order valence-electron chi connectivity index (χ3n) is 3.51. The summed E-state index contributed by atoms with van der Waals surface area (Å²) >= 11 is 0. The lowest BCUT2D eigenvalue weighted by Crippen LogP contribution is -2.35. The molecular weight excluding hydrogens is 222 g/mol. The first kappa shape index (κ1) is 10.5. The van der Waals surface area contributed by atoms with Gasteiger partial charge in [-0.3, -0.25) is 10.1 Å². The number of fused-ring (bicyclic) bond motifs is 2. The average molecular weight is 235 g/mol. The monoisotopic (exact) mass is 235 g/mol. The fourth-order valence-electron chi connectivity index (χ4n) is 2.74. The van der Waals surface area contributed by atoms with E-state index in [0.717, 1.165) is 17.7 Å². The Hall–Kier alpha value is -1.62. The van der Waals surface area contributed by atoms with E-state index in [0.29, 0.717) is 6.61 Å². The molecule has 5 heteroatoms. The topological polar surface area (TPSA) is 61.6 Å². The first-order valence-electron chi connectivity index (χ1n) is 5.74. The van der Waals surface area contributed by atoms with E-state index in [2.05, 4.69) is 0 Å². The molecular formula is C12H13NO4. The van der Waals surface area contributed by atoms with Crippen molar-refractivity contribution in [2.75, 3.05) is 13.2 Å². The molecule has 0 radical (unpaired) electrons. The second kappa shape index (κ2) is 4.00. The summed E-state index contributed by atoms with van der Waals surface area (Å²) in [7, 11) is 0. The van der Waals surface area contributed by atoms with E-state index >= 15 is 0 Å². The van der Waals surface area contributed by atoms with Crippen LogP contribution in [0.15, 0.2) is 24.3 Å². The van der Waals surface area contributed by atoms with E-state index < -0.39 is 0 Å². The van der Waals surface area contributed by atoms with Gasteiger partial charge in [0.25, 0.3) is 0 Å². The number of nitrogens with zero attached hydrogens (tertiary/aromatic N) is 1. The Morgan fingerprint density at radius 3 is 3.06 bits per heavy atom. The number of benzene rings is 1. The predicted octanol–water partition coefficient (Wildman–Crippen LogP) is 1.80. The summed E-state index contributed by atoms with van der Waals surface area (Å²) in [4.78, 5) is 10.5. The minimum Gasteiger partial charge on any atom is -0.464 e. The summed E-state index contributed by atoms with van der Waals surface area (Å²) in [5.41, 5.74) is 0.941. The number of hydrogen-bond acceptors (Lipinski definition) is 4. The maximum atomic E-state index is 10.8. The van der Waals surface area contributed by atoms with Crippen LogP contribution in [-0.2, 0) is 4.74 Å². The van der Waals surface area contributed by atoms with E-state index in [-0.39, 0.29) is 29.6 Å². The first-order valence-corrected chi connectivity index (χ1v) is 5.74. The zero-order valence-electron chi connectivity index (χ0n) is 9.24. The molecule has 0 amide bonds. The van der Waals surface area contributed by atoms with Crippen molar-refractivity contribution < 1.29 is 14.4 Å². The smallest absolute Gasteiger partial charge is 0.211 e. The molecule has 1 fully saturated rings. The molecule has 0 aromatic heterocycles. The lowest BCUT2D eigenvalue weighted by atomic mass is 9.82. The highest BCUT2D eigenvalue weighted by atomic mass is 16.7. The van der Waals surface area contributed by atoms with Gasteiger partial charge in [0.15, 0.2) is 0 Å². The maximum absolute atomic E-state index is 10.8. The molecule has 0 saturated carbocycles. The summed E-state index contributed by atoms with van der Waals surface area (Å²) in [6.45, 7) is 0.572. The number of ether oxygens (including phenoxy) is 2. The largest absolute Gasteiger partial charge is 0.464 e. The van der Waals surface area contributed by atoms with Crippen LogP contribution < -0.4 is 4.74 Å². The third-order valence-corrected chi connectivity index (χ3v) is 3.51. The third kappa shape index (κ3) is 1.76. The van der Waals surface area contributed by atoms with Gasteiger partial charge in [-0.2, -0.15) is 0 Å². The molecule has 5 nitrogen and oxygen atoms in total. The lowest BCUT2D eigenvalue weighted by molar-refractivity contribution is -0.485. The molecule has 3 rings (SSSR count). The molecule has 0 N–H and O–H groups in total. The molecule has 2 heterocycles. The minimum atomic E-state index is -0.310. The van der Waals surface area contributed by atoms with Crippen LogP contribution in [0.3, 0.4) is 0 Å². The Morgan fingerprint density at radius 1 is 1.41 bits per heavy atom. The van der Waals surface area contributed by atoms with Crippen LogP contribution in [-0.4, -0.2) is 24.4 Å². The van der Waals surface area contributed by atoms with E-state index in [1.54, 1.807) is 0 Å². The Labute approximate surface area is 98.5 Å². The van der Waals surface area contributed by atoms with Gasteiger partial charge >= 0.3 is 0 Å². The van der Waals surface area contributed by atoms with Crippen LogP contribution in [0.1, 0.15) is 17.9 Å². The maximum Gasteiger partial charge on any atom is 0.211 e. The molecule has 17 heavy (non-hydrogen) atoms. The van der Waals surface area contributed by atoms with Crippen molar-refractivity contribution >= 4 is 0 Å². The van der Waals surface area contributed by atoms with Gasteiger partial charge in [0, 0.05) is 16.4 Å². The lowest BCUT2D eigenvalue weighted by Gasteiger charge is -2.32. The summed E-state index contributed by atoms with van der Waals surface area (Å²) in [6.07, 6.45) is 0.521. The van der Waals surface area contributed by atoms with Gasteiger partial charge in [0.05, 0.1) is 12.5 Å². The first-order chi connectivity index (χ1) is 8.25. The van der Waals surface area contributed by atoms with E-state index in [1.807, 2.05) is 24.3 Å². The van der Waals surface area contributed by atoms with Crippen molar-refractivity contribution in [3.63, 3.8) is 0 Å². The highest BCUT2D eigenvalue weighted by Crippen LogP contribution is 2.44. The van der Waals surface area contributed by atoms with E-state index in [4.69, 9.17) is 9.47 Å². The van der Waals surface area contributed by atoms with Gasteiger partial charge in [0.1, 0.15) is 5.75 Å². The predicted molar refractivity (Wildman–Crippen MR) is 59.5 cm³/mol. The normalized spacial score (nSPS) is 30.2. The number of rotatable bonds is 2. The zero-order valence-corrected chi connectivity index (χ0v) is 9.24. The van der Waals surface area contributed by atoms with Crippen LogP contribution in [0.2, 0.25) is 0 Å². The highest BCUT2D eigenvalue weighted by Gasteiger charge is 2.44. The van der Waals surface area contributed by atoms with Gasteiger partial charge in [-0.15, -0.1) is 0 Å². The molecule has 90 valence electrons. The summed E-state index contributed by atoms with van der Waals surface area (Å²) in [6, 6.07) is 7.53. The summed E-state index contributed by atoms with van der Waals surface area (Å²) in [5.74, 6) is 0.736. The van der Waals surface area contributed by atoms with Crippen molar-refractivity contribution in [1.82, 2.24) is 0 Å². The fraction of sp³-hybridized carbons (Fsp3) is 0.500. The molecule has 0 spiro atoms. The van der Waals surface area contributed by atoms with Gasteiger partial charge in [0.2, 0.25) is 12.8 Å². The van der Waals surface area contributed by atoms with Crippen molar-refractivity contribution in [2.45, 2.75) is 18.6 Å². The van der Waals surface area contributed by atoms with Crippen molar-refractivity contribution in [3.05, 3.63) is 39.9 Å². The van der Waals surface area contributed by atoms with Crippen molar-refractivity contribution in [3.8, 4) is 5.75 Å². The van der Waals surface area contributed by atoms with Gasteiger partial charge in [-0.25, -0.2) is 0 Å². The minimum absolute atomic E-state index is 0.0507. The highest BCUT2D eigenvalue weighted by molar-refractivity contribution is 5.39. The van der Waals surface area contributed by atoms with Crippen molar-refractivity contribution in [2.24, 2.45) is 5.92 Å². The number of nitro groups is 1. The Balaban J connectivity index is 1.99. The SMILES string of the molecule is O=[N+]([O-])C[C@H]1c2ccccc2O[C@H]2OCC[C@H]21. The molecule has 2 aliphatic rings. The second-order valence-corrected chi connectivity index (χ2v) is 4.47. The zero-order chi connectivity index (χ0) is 11.8. The molecule has 1 aromatic rings. The fourth-order valence-corrected chi connectivity index (χ4v) is 2.74. The molecule has 1 saturated heterocycles. The van der Waals surface area contributed by atoms with Crippen LogP contribution in [0, 0.1) is 16.0 Å². The van der Waals surface area contributed by atoms with Crippen LogP contribution in [0.5, 0.6) is 5.75 Å². The second-order valence-electron chi connectivity index (χ2n) is 4.47. The summed E-state index contributed by atoms with van der Waals surface area (Å²) in [5, 5.41) is 10.8. The molecule has 0 aliphatic carbocycles.